The summed E-state index contributed by atoms with van der Waals surface area (Å²) < 4.78 is 31.9. The smallest absolute Gasteiger partial charge is 0.240 e. The highest BCUT2D eigenvalue weighted by molar-refractivity contribution is 7.89. The van der Waals surface area contributed by atoms with Crippen LogP contribution in [-0.2, 0) is 14.8 Å². The fourth-order valence-corrected chi connectivity index (χ4v) is 2.79. The molecule has 0 radical (unpaired) electrons. The number of aryl methyl sites for hydroxylation is 1. The Bertz CT molecular complexity index is 574. The van der Waals surface area contributed by atoms with E-state index in [4.69, 9.17) is 10.00 Å². The lowest BCUT2D eigenvalue weighted by molar-refractivity contribution is 0.0834. The largest absolute Gasteiger partial charge is 0.377 e. The summed E-state index contributed by atoms with van der Waals surface area (Å²) in [4.78, 5) is 0.135. The van der Waals surface area contributed by atoms with E-state index in [-0.39, 0.29) is 17.5 Å². The Balaban J connectivity index is 2.80. The van der Waals surface area contributed by atoms with Crippen LogP contribution in [0.4, 0.5) is 0 Å². The van der Waals surface area contributed by atoms with Gasteiger partial charge in [0, 0.05) is 6.54 Å². The molecule has 19 heavy (non-hydrogen) atoms. The molecule has 0 aromatic heterocycles. The van der Waals surface area contributed by atoms with Gasteiger partial charge in [-0.05, 0) is 38.5 Å². The maximum atomic E-state index is 12.1. The Kier molecular flexibility index (Phi) is 5.48. The maximum absolute atomic E-state index is 12.1. The van der Waals surface area contributed by atoms with Gasteiger partial charge in [0.25, 0.3) is 0 Å². The molecule has 1 rings (SSSR count). The van der Waals surface area contributed by atoms with Gasteiger partial charge >= 0.3 is 0 Å². The van der Waals surface area contributed by atoms with Crippen molar-refractivity contribution in [3.8, 4) is 6.07 Å². The highest BCUT2D eigenvalue weighted by Crippen LogP contribution is 2.16. The fourth-order valence-electron chi connectivity index (χ4n) is 1.51. The van der Waals surface area contributed by atoms with E-state index in [0.717, 1.165) is 0 Å². The monoisotopic (exact) mass is 282 g/mol. The Labute approximate surface area is 114 Å². The molecular formula is C13H18N2O3S. The number of nitriles is 1. The molecule has 0 amide bonds. The van der Waals surface area contributed by atoms with Crippen molar-refractivity contribution >= 4 is 10.0 Å². The molecule has 0 aliphatic carbocycles. The summed E-state index contributed by atoms with van der Waals surface area (Å²) >= 11 is 0. The van der Waals surface area contributed by atoms with Crippen LogP contribution in [-0.4, -0.2) is 27.7 Å². The van der Waals surface area contributed by atoms with Crippen LogP contribution < -0.4 is 4.72 Å². The number of hydrogen-bond acceptors (Lipinski definition) is 4. The summed E-state index contributed by atoms with van der Waals surface area (Å²) in [7, 11) is -3.60. The van der Waals surface area contributed by atoms with Crippen LogP contribution in [0.25, 0.3) is 0 Å². The van der Waals surface area contributed by atoms with Gasteiger partial charge in [0.15, 0.2) is 0 Å². The average Bonchev–Trinajstić information content (AvgIpc) is 2.35. The van der Waals surface area contributed by atoms with Gasteiger partial charge in [-0.1, -0.05) is 6.07 Å². The van der Waals surface area contributed by atoms with Crippen LogP contribution in [0.15, 0.2) is 23.1 Å². The predicted octanol–water partition coefficient (Wildman–Crippen LogP) is 1.57. The van der Waals surface area contributed by atoms with E-state index in [1.54, 1.807) is 19.1 Å². The van der Waals surface area contributed by atoms with Crippen LogP contribution >= 0.6 is 0 Å². The van der Waals surface area contributed by atoms with E-state index in [9.17, 15) is 8.42 Å². The minimum Gasteiger partial charge on any atom is -0.377 e. The Hall–Kier alpha value is -1.42. The summed E-state index contributed by atoms with van der Waals surface area (Å²) in [6.07, 6.45) is 0.0631. The third kappa shape index (κ3) is 4.63. The first-order chi connectivity index (χ1) is 8.86. The van der Waals surface area contributed by atoms with Gasteiger partial charge < -0.3 is 4.74 Å². The lowest BCUT2D eigenvalue weighted by atomic mass is 10.2. The second-order valence-corrected chi connectivity index (χ2v) is 6.14. The average molecular weight is 282 g/mol. The standard InChI is InChI=1S/C13H18N2O3S/c1-10(2)18-7-6-15-19(16,17)13-8-12(9-14)5-4-11(13)3/h4-5,8,10,15H,6-7H2,1-3H3. The Morgan fingerprint density at radius 1 is 1.42 bits per heavy atom. The second kappa shape index (κ2) is 6.66. The SMILES string of the molecule is Cc1ccc(C#N)cc1S(=O)(=O)NCCOC(C)C. The minimum atomic E-state index is -3.60. The van der Waals surface area contributed by atoms with Gasteiger partial charge in [-0.25, -0.2) is 13.1 Å². The molecule has 0 saturated carbocycles. The number of rotatable bonds is 6. The third-order valence-corrected chi connectivity index (χ3v) is 4.06. The van der Waals surface area contributed by atoms with Crippen molar-refractivity contribution in [1.82, 2.24) is 4.72 Å². The molecule has 0 atom stereocenters. The zero-order valence-electron chi connectivity index (χ0n) is 11.3. The van der Waals surface area contributed by atoms with Crippen molar-refractivity contribution in [3.05, 3.63) is 29.3 Å². The van der Waals surface area contributed by atoms with Crippen molar-refractivity contribution in [1.29, 1.82) is 5.26 Å². The highest BCUT2D eigenvalue weighted by atomic mass is 32.2. The van der Waals surface area contributed by atoms with Gasteiger partial charge in [-0.15, -0.1) is 0 Å². The number of benzene rings is 1. The molecule has 0 fully saturated rings. The lowest BCUT2D eigenvalue weighted by Crippen LogP contribution is -2.28. The fraction of sp³-hybridized carbons (Fsp3) is 0.462. The van der Waals surface area contributed by atoms with E-state index in [1.807, 2.05) is 19.9 Å². The summed E-state index contributed by atoms with van der Waals surface area (Å²) in [5, 5.41) is 8.81. The van der Waals surface area contributed by atoms with Crippen molar-refractivity contribution < 1.29 is 13.2 Å². The third-order valence-electron chi connectivity index (χ3n) is 2.45. The highest BCUT2D eigenvalue weighted by Gasteiger charge is 2.16. The van der Waals surface area contributed by atoms with Gasteiger partial charge in [0.1, 0.15) is 0 Å². The molecule has 0 aliphatic rings. The molecule has 104 valence electrons. The van der Waals surface area contributed by atoms with Gasteiger partial charge in [0.05, 0.1) is 29.2 Å². The molecule has 5 nitrogen and oxygen atoms in total. The molecule has 0 aliphatic heterocycles. The molecule has 6 heteroatoms. The lowest BCUT2D eigenvalue weighted by Gasteiger charge is -2.11. The molecule has 0 unspecified atom stereocenters. The van der Waals surface area contributed by atoms with E-state index in [1.165, 1.54) is 6.07 Å². The molecular weight excluding hydrogens is 264 g/mol. The number of sulfonamides is 1. The van der Waals surface area contributed by atoms with Crippen LogP contribution in [0.2, 0.25) is 0 Å². The van der Waals surface area contributed by atoms with E-state index < -0.39 is 10.0 Å². The first kappa shape index (κ1) is 15.6. The number of nitrogens with one attached hydrogen (secondary N) is 1. The van der Waals surface area contributed by atoms with Crippen LogP contribution in [0, 0.1) is 18.3 Å². The number of hydrogen-bond donors (Lipinski definition) is 1. The van der Waals surface area contributed by atoms with Crippen molar-refractivity contribution in [2.45, 2.75) is 31.8 Å². The Morgan fingerprint density at radius 3 is 2.68 bits per heavy atom. The molecule has 0 saturated heterocycles. The molecule has 1 N–H and O–H groups in total. The number of nitrogens with zero attached hydrogens (tertiary/aromatic N) is 1. The Morgan fingerprint density at radius 2 is 2.11 bits per heavy atom. The first-order valence-electron chi connectivity index (χ1n) is 5.99. The van der Waals surface area contributed by atoms with E-state index in [0.29, 0.717) is 17.7 Å². The van der Waals surface area contributed by atoms with Gasteiger partial charge in [-0.2, -0.15) is 5.26 Å². The normalized spacial score (nSPS) is 11.5. The number of ether oxygens (including phenoxy) is 1. The zero-order valence-corrected chi connectivity index (χ0v) is 12.1. The summed E-state index contributed by atoms with van der Waals surface area (Å²) in [6, 6.07) is 6.52. The summed E-state index contributed by atoms with van der Waals surface area (Å²) in [6.45, 7) is 5.98. The van der Waals surface area contributed by atoms with Crippen molar-refractivity contribution in [2.75, 3.05) is 13.2 Å². The summed E-state index contributed by atoms with van der Waals surface area (Å²) in [5.74, 6) is 0. The quantitative estimate of drug-likeness (QED) is 0.803. The molecule has 0 bridgehead atoms. The van der Waals surface area contributed by atoms with Crippen LogP contribution in [0.1, 0.15) is 25.0 Å². The van der Waals surface area contributed by atoms with Crippen molar-refractivity contribution in [2.24, 2.45) is 0 Å². The van der Waals surface area contributed by atoms with Crippen molar-refractivity contribution in [3.63, 3.8) is 0 Å². The van der Waals surface area contributed by atoms with Crippen LogP contribution in [0.5, 0.6) is 0 Å². The zero-order chi connectivity index (χ0) is 14.5. The molecule has 1 aromatic carbocycles. The van der Waals surface area contributed by atoms with E-state index >= 15 is 0 Å². The predicted molar refractivity (Wildman–Crippen MR) is 72.2 cm³/mol. The van der Waals surface area contributed by atoms with Gasteiger partial charge in [0.2, 0.25) is 10.0 Å². The second-order valence-electron chi connectivity index (χ2n) is 4.41. The molecule has 1 aromatic rings. The molecule has 0 heterocycles. The molecule has 0 spiro atoms. The minimum absolute atomic E-state index is 0.0631. The first-order valence-corrected chi connectivity index (χ1v) is 7.47. The van der Waals surface area contributed by atoms with Gasteiger partial charge in [-0.3, -0.25) is 0 Å². The van der Waals surface area contributed by atoms with E-state index in [2.05, 4.69) is 4.72 Å². The maximum Gasteiger partial charge on any atom is 0.240 e. The topological polar surface area (TPSA) is 79.2 Å². The van der Waals surface area contributed by atoms with Crippen LogP contribution in [0.3, 0.4) is 0 Å². The summed E-state index contributed by atoms with van der Waals surface area (Å²) in [5.41, 5.74) is 0.931.